The van der Waals surface area contributed by atoms with Crippen LogP contribution in [-0.4, -0.2) is 65.9 Å². The highest BCUT2D eigenvalue weighted by atomic mass is 32.2. The summed E-state index contributed by atoms with van der Waals surface area (Å²) in [5.74, 6) is 1.29. The molecule has 2 aliphatic rings. The van der Waals surface area contributed by atoms with Crippen LogP contribution in [0.1, 0.15) is 37.4 Å². The van der Waals surface area contributed by atoms with Crippen molar-refractivity contribution in [1.82, 2.24) is 19.2 Å². The van der Waals surface area contributed by atoms with Crippen LogP contribution < -0.4 is 0 Å². The van der Waals surface area contributed by atoms with Crippen LogP contribution in [0.25, 0.3) is 11.0 Å². The zero-order valence-corrected chi connectivity index (χ0v) is 16.4. The maximum atomic E-state index is 13.0. The number of carbonyl (C=O) groups is 1. The van der Waals surface area contributed by atoms with Crippen molar-refractivity contribution in [3.8, 4) is 0 Å². The van der Waals surface area contributed by atoms with Gasteiger partial charge in [0.2, 0.25) is 15.9 Å². The zero-order chi connectivity index (χ0) is 19.0. The van der Waals surface area contributed by atoms with E-state index in [2.05, 4.69) is 4.98 Å². The predicted molar refractivity (Wildman–Crippen MR) is 104 cm³/mol. The molecule has 2 fully saturated rings. The summed E-state index contributed by atoms with van der Waals surface area (Å²) < 4.78 is 24.8. The number of carbonyl (C=O) groups excluding carboxylic acids is 1. The number of amides is 1. The molecule has 1 unspecified atom stereocenters. The Hall–Kier alpha value is -1.93. The summed E-state index contributed by atoms with van der Waals surface area (Å²) in [4.78, 5) is 23.1. The lowest BCUT2D eigenvalue weighted by molar-refractivity contribution is -0.138. The van der Waals surface area contributed by atoms with Gasteiger partial charge in [0.05, 0.1) is 17.3 Å². The van der Waals surface area contributed by atoms with E-state index in [1.54, 1.807) is 0 Å². The van der Waals surface area contributed by atoms with E-state index in [4.69, 9.17) is 4.98 Å². The Morgan fingerprint density at radius 2 is 1.89 bits per heavy atom. The molecule has 0 spiro atoms. The van der Waals surface area contributed by atoms with Crippen LogP contribution in [0.3, 0.4) is 0 Å². The zero-order valence-electron chi connectivity index (χ0n) is 15.6. The third kappa shape index (κ3) is 3.87. The van der Waals surface area contributed by atoms with Crippen molar-refractivity contribution in [3.63, 3.8) is 0 Å². The average molecular weight is 391 g/mol. The van der Waals surface area contributed by atoms with Crippen molar-refractivity contribution in [3.05, 3.63) is 30.1 Å². The number of likely N-dealkylation sites (tertiary alicyclic amines) is 1. The Morgan fingerprint density at radius 3 is 2.59 bits per heavy atom. The second kappa shape index (κ2) is 7.24. The number of nitrogens with zero attached hydrogens (tertiary/aromatic N) is 3. The van der Waals surface area contributed by atoms with E-state index in [0.29, 0.717) is 32.5 Å². The quantitative estimate of drug-likeness (QED) is 0.868. The first-order valence-corrected chi connectivity index (χ1v) is 11.5. The van der Waals surface area contributed by atoms with Gasteiger partial charge in [-0.1, -0.05) is 12.1 Å². The Kier molecular flexibility index (Phi) is 4.94. The predicted octanol–water partition coefficient (Wildman–Crippen LogP) is 1.94. The van der Waals surface area contributed by atoms with Crippen LogP contribution in [0.5, 0.6) is 0 Å². The first-order chi connectivity index (χ1) is 12.9. The highest BCUT2D eigenvalue weighted by molar-refractivity contribution is 7.88. The highest BCUT2D eigenvalue weighted by Gasteiger charge is 2.34. The van der Waals surface area contributed by atoms with Gasteiger partial charge in [-0.25, -0.2) is 17.7 Å². The summed E-state index contributed by atoms with van der Waals surface area (Å²) in [6, 6.07) is 7.99. The van der Waals surface area contributed by atoms with Crippen molar-refractivity contribution in [2.24, 2.45) is 5.92 Å². The summed E-state index contributed by atoms with van der Waals surface area (Å²) in [5, 5.41) is 0. The standard InChI is InChI=1S/C19H26N4O3S/c1-27(25,26)23-11-8-14(9-12-23)19(24)22-10-4-5-15(13-22)18-20-16-6-2-3-7-17(16)21-18/h2-3,6-7,14-15H,4-5,8-13H2,1H3,(H,20,21). The van der Waals surface area contributed by atoms with Crippen LogP contribution in [0.2, 0.25) is 0 Å². The number of piperidine rings is 2. The summed E-state index contributed by atoms with van der Waals surface area (Å²) >= 11 is 0. The van der Waals surface area contributed by atoms with E-state index in [1.807, 2.05) is 29.2 Å². The molecule has 4 rings (SSSR count). The third-order valence-corrected chi connectivity index (χ3v) is 7.10. The van der Waals surface area contributed by atoms with Gasteiger partial charge in [0, 0.05) is 38.0 Å². The molecule has 1 N–H and O–H groups in total. The summed E-state index contributed by atoms with van der Waals surface area (Å²) in [6.07, 6.45) is 4.44. The molecule has 2 aliphatic heterocycles. The second-order valence-corrected chi connectivity index (χ2v) is 9.68. The summed E-state index contributed by atoms with van der Waals surface area (Å²) in [5.41, 5.74) is 1.99. The van der Waals surface area contributed by atoms with Gasteiger partial charge in [-0.05, 0) is 37.8 Å². The van der Waals surface area contributed by atoms with Crippen molar-refractivity contribution in [2.45, 2.75) is 31.6 Å². The number of hydrogen-bond donors (Lipinski definition) is 1. The number of fused-ring (bicyclic) bond motifs is 1. The second-order valence-electron chi connectivity index (χ2n) is 7.70. The number of para-hydroxylation sites is 2. The van der Waals surface area contributed by atoms with Crippen molar-refractivity contribution >= 4 is 27.0 Å². The molecule has 2 aromatic rings. The van der Waals surface area contributed by atoms with Gasteiger partial charge < -0.3 is 9.88 Å². The Balaban J connectivity index is 1.41. The van der Waals surface area contributed by atoms with Crippen LogP contribution in [0.15, 0.2) is 24.3 Å². The number of nitrogens with one attached hydrogen (secondary N) is 1. The maximum absolute atomic E-state index is 13.0. The molecular formula is C19H26N4O3S. The molecule has 2 saturated heterocycles. The van der Waals surface area contributed by atoms with Gasteiger partial charge in [-0.2, -0.15) is 0 Å². The SMILES string of the molecule is CS(=O)(=O)N1CCC(C(=O)N2CCCC(c3nc4ccccc4[nH]3)C2)CC1. The van der Waals surface area contributed by atoms with Gasteiger partial charge in [0.15, 0.2) is 0 Å². The normalized spacial score (nSPS) is 23.0. The number of rotatable bonds is 3. The fourth-order valence-electron chi connectivity index (χ4n) is 4.26. The molecule has 0 bridgehead atoms. The molecule has 146 valence electrons. The minimum absolute atomic E-state index is 0.0718. The molecule has 1 atom stereocenters. The number of aromatic nitrogens is 2. The molecule has 1 aromatic carbocycles. The van der Waals surface area contributed by atoms with E-state index in [-0.39, 0.29) is 17.7 Å². The van der Waals surface area contributed by atoms with Crippen LogP contribution in [-0.2, 0) is 14.8 Å². The molecule has 0 saturated carbocycles. The Bertz CT molecular complexity index is 898. The minimum atomic E-state index is -3.16. The minimum Gasteiger partial charge on any atom is -0.342 e. The van der Waals surface area contributed by atoms with Crippen molar-refractivity contribution in [2.75, 3.05) is 32.4 Å². The first kappa shape index (κ1) is 18.4. The molecule has 3 heterocycles. The first-order valence-electron chi connectivity index (χ1n) is 9.60. The largest absolute Gasteiger partial charge is 0.342 e. The monoisotopic (exact) mass is 390 g/mol. The summed E-state index contributed by atoms with van der Waals surface area (Å²) in [6.45, 7) is 2.35. The molecule has 0 radical (unpaired) electrons. The van der Waals surface area contributed by atoms with Crippen molar-refractivity contribution < 1.29 is 13.2 Å². The lowest BCUT2D eigenvalue weighted by Gasteiger charge is -2.36. The van der Waals surface area contributed by atoms with Crippen molar-refractivity contribution in [1.29, 1.82) is 0 Å². The molecule has 8 heteroatoms. The van der Waals surface area contributed by atoms with E-state index in [0.717, 1.165) is 36.2 Å². The molecule has 0 aliphatic carbocycles. The number of sulfonamides is 1. The maximum Gasteiger partial charge on any atom is 0.225 e. The highest BCUT2D eigenvalue weighted by Crippen LogP contribution is 2.29. The lowest BCUT2D eigenvalue weighted by atomic mass is 9.92. The van der Waals surface area contributed by atoms with Crippen LogP contribution >= 0.6 is 0 Å². The number of hydrogen-bond acceptors (Lipinski definition) is 4. The number of H-pyrrole nitrogens is 1. The van der Waals surface area contributed by atoms with Gasteiger partial charge in [-0.3, -0.25) is 4.79 Å². The average Bonchev–Trinajstić information content (AvgIpc) is 3.11. The molecular weight excluding hydrogens is 364 g/mol. The van der Waals surface area contributed by atoms with Crippen LogP contribution in [0, 0.1) is 5.92 Å². The lowest BCUT2D eigenvalue weighted by Crippen LogP contribution is -2.46. The van der Waals surface area contributed by atoms with E-state index in [1.165, 1.54) is 10.6 Å². The Labute approximate surface area is 159 Å². The van der Waals surface area contributed by atoms with Gasteiger partial charge in [0.25, 0.3) is 0 Å². The van der Waals surface area contributed by atoms with E-state index < -0.39 is 10.0 Å². The topological polar surface area (TPSA) is 86.4 Å². The third-order valence-electron chi connectivity index (χ3n) is 5.80. The van der Waals surface area contributed by atoms with E-state index in [9.17, 15) is 13.2 Å². The smallest absolute Gasteiger partial charge is 0.225 e. The fraction of sp³-hybridized carbons (Fsp3) is 0.579. The number of imidazole rings is 1. The van der Waals surface area contributed by atoms with Crippen LogP contribution in [0.4, 0.5) is 0 Å². The van der Waals surface area contributed by atoms with Gasteiger partial charge in [-0.15, -0.1) is 0 Å². The molecule has 27 heavy (non-hydrogen) atoms. The number of benzene rings is 1. The fourth-order valence-corrected chi connectivity index (χ4v) is 5.13. The number of aromatic amines is 1. The molecule has 1 aromatic heterocycles. The van der Waals surface area contributed by atoms with Gasteiger partial charge >= 0.3 is 0 Å². The van der Waals surface area contributed by atoms with Gasteiger partial charge in [0.1, 0.15) is 5.82 Å². The summed E-state index contributed by atoms with van der Waals surface area (Å²) in [7, 11) is -3.16. The van der Waals surface area contributed by atoms with E-state index >= 15 is 0 Å². The molecule has 7 nitrogen and oxygen atoms in total. The Morgan fingerprint density at radius 1 is 1.15 bits per heavy atom. The molecule has 1 amide bonds.